The molecule has 0 aliphatic rings. The number of hydrogen-bond acceptors (Lipinski definition) is 3. The quantitative estimate of drug-likeness (QED) is 0.746. The molecule has 0 fully saturated rings. The number of amides is 1. The van der Waals surface area contributed by atoms with Gasteiger partial charge in [-0.15, -0.1) is 11.8 Å². The van der Waals surface area contributed by atoms with E-state index in [1.54, 1.807) is 11.8 Å². The highest BCUT2D eigenvalue weighted by atomic mass is 32.2. The minimum absolute atomic E-state index is 0.105. The smallest absolute Gasteiger partial charge is 0.230 e. The largest absolute Gasteiger partial charge is 0.492 e. The molecule has 4 heteroatoms. The Labute approximate surface area is 132 Å². The maximum absolute atomic E-state index is 11.7. The fourth-order valence-corrected chi connectivity index (χ4v) is 2.31. The minimum atomic E-state index is 0.105. The van der Waals surface area contributed by atoms with E-state index in [0.717, 1.165) is 17.1 Å². The van der Waals surface area contributed by atoms with Crippen LogP contribution in [-0.2, 0) is 4.79 Å². The number of thioether (sulfide) groups is 1. The molecule has 1 aromatic carbocycles. The SMILES string of the molecule is Cc1ccc(C)c(OCCSCC(=O)NC(C)C(C)C)c1. The lowest BCUT2D eigenvalue weighted by Gasteiger charge is -2.17. The van der Waals surface area contributed by atoms with Gasteiger partial charge in [-0.3, -0.25) is 4.79 Å². The number of hydrogen-bond donors (Lipinski definition) is 1. The summed E-state index contributed by atoms with van der Waals surface area (Å²) in [5, 5.41) is 3.00. The first kappa shape index (κ1) is 17.9. The molecule has 0 aliphatic heterocycles. The van der Waals surface area contributed by atoms with Crippen LogP contribution in [-0.4, -0.2) is 30.1 Å². The van der Waals surface area contributed by atoms with Crippen LogP contribution in [0.4, 0.5) is 0 Å². The van der Waals surface area contributed by atoms with Crippen molar-refractivity contribution in [3.05, 3.63) is 29.3 Å². The maximum atomic E-state index is 11.7. The highest BCUT2D eigenvalue weighted by Gasteiger charge is 2.10. The van der Waals surface area contributed by atoms with Gasteiger partial charge in [0.05, 0.1) is 12.4 Å². The molecule has 0 aliphatic carbocycles. The molecule has 1 N–H and O–H groups in total. The summed E-state index contributed by atoms with van der Waals surface area (Å²) < 4.78 is 5.77. The second-order valence-electron chi connectivity index (χ2n) is 5.77. The Morgan fingerprint density at radius 1 is 1.29 bits per heavy atom. The van der Waals surface area contributed by atoms with E-state index in [1.165, 1.54) is 5.56 Å². The van der Waals surface area contributed by atoms with E-state index in [1.807, 2.05) is 13.8 Å². The lowest BCUT2D eigenvalue weighted by molar-refractivity contribution is -0.119. The lowest BCUT2D eigenvalue weighted by Crippen LogP contribution is -2.37. The number of rotatable bonds is 8. The first-order chi connectivity index (χ1) is 9.90. The first-order valence-electron chi connectivity index (χ1n) is 7.47. The number of carbonyl (C=O) groups is 1. The van der Waals surface area contributed by atoms with Crippen molar-refractivity contribution in [1.82, 2.24) is 5.32 Å². The second-order valence-corrected chi connectivity index (χ2v) is 6.88. The first-order valence-corrected chi connectivity index (χ1v) is 8.62. The van der Waals surface area contributed by atoms with Crippen molar-refractivity contribution in [3.63, 3.8) is 0 Å². The molecule has 0 saturated heterocycles. The third kappa shape index (κ3) is 6.89. The van der Waals surface area contributed by atoms with Crippen molar-refractivity contribution in [2.24, 2.45) is 5.92 Å². The monoisotopic (exact) mass is 309 g/mol. The highest BCUT2D eigenvalue weighted by molar-refractivity contribution is 7.99. The van der Waals surface area contributed by atoms with Gasteiger partial charge in [0.15, 0.2) is 0 Å². The van der Waals surface area contributed by atoms with Crippen LogP contribution in [0.25, 0.3) is 0 Å². The molecular weight excluding hydrogens is 282 g/mol. The maximum Gasteiger partial charge on any atom is 0.230 e. The molecule has 0 saturated carbocycles. The van der Waals surface area contributed by atoms with Crippen molar-refractivity contribution in [1.29, 1.82) is 0 Å². The molecule has 0 heterocycles. The van der Waals surface area contributed by atoms with Gasteiger partial charge in [0, 0.05) is 11.8 Å². The van der Waals surface area contributed by atoms with Gasteiger partial charge in [-0.25, -0.2) is 0 Å². The minimum Gasteiger partial charge on any atom is -0.492 e. The molecule has 21 heavy (non-hydrogen) atoms. The van der Waals surface area contributed by atoms with E-state index in [0.29, 0.717) is 18.3 Å². The zero-order valence-electron chi connectivity index (χ0n) is 13.7. The fraction of sp³-hybridized carbons (Fsp3) is 0.588. The summed E-state index contributed by atoms with van der Waals surface area (Å²) >= 11 is 1.61. The summed E-state index contributed by atoms with van der Waals surface area (Å²) in [6, 6.07) is 6.43. The average molecular weight is 309 g/mol. The molecule has 1 atom stereocenters. The van der Waals surface area contributed by atoms with Gasteiger partial charge >= 0.3 is 0 Å². The fourth-order valence-electron chi connectivity index (χ4n) is 1.70. The predicted octanol–water partition coefficient (Wildman–Crippen LogP) is 3.58. The Kier molecular flexibility index (Phi) is 7.65. The predicted molar refractivity (Wildman–Crippen MR) is 91.2 cm³/mol. The topological polar surface area (TPSA) is 38.3 Å². The normalized spacial score (nSPS) is 12.3. The molecule has 0 aromatic heterocycles. The van der Waals surface area contributed by atoms with Gasteiger partial charge in [0.1, 0.15) is 5.75 Å². The lowest BCUT2D eigenvalue weighted by atomic mass is 10.1. The summed E-state index contributed by atoms with van der Waals surface area (Å²) in [7, 11) is 0. The number of benzene rings is 1. The molecule has 1 aromatic rings. The number of nitrogens with one attached hydrogen (secondary N) is 1. The molecule has 3 nitrogen and oxygen atoms in total. The molecule has 0 radical (unpaired) electrons. The second kappa shape index (κ2) is 8.98. The van der Waals surface area contributed by atoms with Crippen LogP contribution >= 0.6 is 11.8 Å². The van der Waals surface area contributed by atoms with Gasteiger partial charge in [-0.1, -0.05) is 26.0 Å². The summed E-state index contributed by atoms with van der Waals surface area (Å²) in [6.45, 7) is 11.0. The van der Waals surface area contributed by atoms with Crippen molar-refractivity contribution in [2.45, 2.75) is 40.7 Å². The summed E-state index contributed by atoms with van der Waals surface area (Å²) in [5.41, 5.74) is 2.35. The van der Waals surface area contributed by atoms with Gasteiger partial charge in [-0.2, -0.15) is 0 Å². The number of ether oxygens (including phenoxy) is 1. The molecule has 1 rings (SSSR count). The van der Waals surface area contributed by atoms with E-state index >= 15 is 0 Å². The molecule has 0 bridgehead atoms. The molecule has 118 valence electrons. The average Bonchev–Trinajstić information content (AvgIpc) is 2.42. The van der Waals surface area contributed by atoms with Crippen molar-refractivity contribution >= 4 is 17.7 Å². The van der Waals surface area contributed by atoms with Crippen LogP contribution in [0.1, 0.15) is 31.9 Å². The van der Waals surface area contributed by atoms with E-state index in [-0.39, 0.29) is 11.9 Å². The van der Waals surface area contributed by atoms with Gasteiger partial charge in [0.25, 0.3) is 0 Å². The van der Waals surface area contributed by atoms with Gasteiger partial charge in [0.2, 0.25) is 5.91 Å². The Bertz CT molecular complexity index is 460. The van der Waals surface area contributed by atoms with Crippen molar-refractivity contribution in [2.75, 3.05) is 18.1 Å². The summed E-state index contributed by atoms with van der Waals surface area (Å²) in [6.07, 6.45) is 0. The van der Waals surface area contributed by atoms with Crippen LogP contribution in [0, 0.1) is 19.8 Å². The van der Waals surface area contributed by atoms with Crippen LogP contribution in [0.2, 0.25) is 0 Å². The van der Waals surface area contributed by atoms with Crippen LogP contribution < -0.4 is 10.1 Å². The molecule has 0 spiro atoms. The van der Waals surface area contributed by atoms with E-state index < -0.39 is 0 Å². The van der Waals surface area contributed by atoms with E-state index in [2.05, 4.69) is 44.3 Å². The molecule has 1 unspecified atom stereocenters. The van der Waals surface area contributed by atoms with Crippen LogP contribution in [0.3, 0.4) is 0 Å². The van der Waals surface area contributed by atoms with Crippen LogP contribution in [0.15, 0.2) is 18.2 Å². The van der Waals surface area contributed by atoms with Gasteiger partial charge < -0.3 is 10.1 Å². The number of carbonyl (C=O) groups excluding carboxylic acids is 1. The zero-order chi connectivity index (χ0) is 15.8. The van der Waals surface area contributed by atoms with Crippen LogP contribution in [0.5, 0.6) is 5.75 Å². The van der Waals surface area contributed by atoms with E-state index in [9.17, 15) is 4.79 Å². The number of aryl methyl sites for hydroxylation is 2. The van der Waals surface area contributed by atoms with Crippen molar-refractivity contribution in [3.8, 4) is 5.75 Å². The Morgan fingerprint density at radius 2 is 2.00 bits per heavy atom. The third-order valence-electron chi connectivity index (χ3n) is 3.45. The third-order valence-corrected chi connectivity index (χ3v) is 4.37. The van der Waals surface area contributed by atoms with Crippen molar-refractivity contribution < 1.29 is 9.53 Å². The van der Waals surface area contributed by atoms with Gasteiger partial charge in [-0.05, 0) is 43.9 Å². The Morgan fingerprint density at radius 3 is 2.67 bits per heavy atom. The standard InChI is InChI=1S/C17H27NO2S/c1-12(2)15(5)18-17(19)11-21-9-8-20-16-10-13(3)6-7-14(16)4/h6-7,10,12,15H,8-9,11H2,1-5H3,(H,18,19). The molecular formula is C17H27NO2S. The molecule has 1 amide bonds. The highest BCUT2D eigenvalue weighted by Crippen LogP contribution is 2.19. The Hall–Kier alpha value is -1.16. The zero-order valence-corrected chi connectivity index (χ0v) is 14.5. The Balaban J connectivity index is 2.20. The summed E-state index contributed by atoms with van der Waals surface area (Å²) in [5.74, 6) is 2.82. The van der Waals surface area contributed by atoms with E-state index in [4.69, 9.17) is 4.74 Å². The summed E-state index contributed by atoms with van der Waals surface area (Å²) in [4.78, 5) is 11.7.